The average molecular weight is 242 g/mol. The molecule has 0 atom stereocenters. The largest absolute Gasteiger partial charge is 0.369 e. The molecule has 17 heavy (non-hydrogen) atoms. The molecule has 1 aromatic rings. The van der Waals surface area contributed by atoms with Gasteiger partial charge in [0.1, 0.15) is 0 Å². The Kier molecular flexibility index (Phi) is 5.35. The lowest BCUT2D eigenvalue weighted by Gasteiger charge is -2.19. The predicted molar refractivity (Wildman–Crippen MR) is 67.7 cm³/mol. The van der Waals surface area contributed by atoms with Crippen molar-refractivity contribution in [2.75, 3.05) is 18.5 Å². The van der Waals surface area contributed by atoms with E-state index in [1.54, 1.807) is 11.9 Å². The van der Waals surface area contributed by atoms with Crippen LogP contribution in [0.3, 0.4) is 0 Å². The van der Waals surface area contributed by atoms with Gasteiger partial charge in [-0.1, -0.05) is 26.0 Å². The highest BCUT2D eigenvalue weighted by atomic mass is 19.3. The molecule has 4 heteroatoms. The summed E-state index contributed by atoms with van der Waals surface area (Å²) in [6, 6.07) is 8.12. The summed E-state index contributed by atoms with van der Waals surface area (Å²) in [5, 5.41) is 3.31. The van der Waals surface area contributed by atoms with E-state index in [1.807, 2.05) is 24.3 Å². The molecule has 0 aliphatic heterocycles. The van der Waals surface area contributed by atoms with E-state index in [2.05, 4.69) is 19.2 Å². The first-order valence-electron chi connectivity index (χ1n) is 5.80. The molecule has 0 radical (unpaired) electrons. The summed E-state index contributed by atoms with van der Waals surface area (Å²) in [6.45, 7) is 4.75. The highest BCUT2D eigenvalue weighted by Gasteiger charge is 2.08. The van der Waals surface area contributed by atoms with Gasteiger partial charge in [-0.2, -0.15) is 0 Å². The molecule has 96 valence electrons. The summed E-state index contributed by atoms with van der Waals surface area (Å²) in [6.07, 6.45) is -2.30. The van der Waals surface area contributed by atoms with Crippen molar-refractivity contribution in [1.82, 2.24) is 5.32 Å². The molecule has 0 fully saturated rings. The molecule has 0 heterocycles. The number of benzene rings is 1. The number of anilines is 1. The van der Waals surface area contributed by atoms with Crippen LogP contribution in [0.15, 0.2) is 24.3 Å². The SMILES string of the molecule is CC(C)NCc1ccc(N(C)CC(F)F)cc1. The van der Waals surface area contributed by atoms with E-state index < -0.39 is 6.43 Å². The Morgan fingerprint density at radius 1 is 1.18 bits per heavy atom. The van der Waals surface area contributed by atoms with E-state index in [-0.39, 0.29) is 6.54 Å². The maximum Gasteiger partial charge on any atom is 0.255 e. The Balaban J connectivity index is 2.55. The maximum absolute atomic E-state index is 12.2. The second-order valence-electron chi connectivity index (χ2n) is 4.47. The molecule has 0 saturated heterocycles. The van der Waals surface area contributed by atoms with Gasteiger partial charge in [-0.3, -0.25) is 0 Å². The van der Waals surface area contributed by atoms with Gasteiger partial charge in [0.05, 0.1) is 6.54 Å². The first-order chi connectivity index (χ1) is 7.99. The Morgan fingerprint density at radius 3 is 2.24 bits per heavy atom. The van der Waals surface area contributed by atoms with Crippen LogP contribution in [0.2, 0.25) is 0 Å². The first kappa shape index (κ1) is 13.9. The van der Waals surface area contributed by atoms with Crippen LogP contribution in [-0.4, -0.2) is 26.1 Å². The zero-order valence-electron chi connectivity index (χ0n) is 10.6. The van der Waals surface area contributed by atoms with Gasteiger partial charge < -0.3 is 10.2 Å². The van der Waals surface area contributed by atoms with Crippen LogP contribution in [0.4, 0.5) is 14.5 Å². The fourth-order valence-electron chi connectivity index (χ4n) is 1.50. The van der Waals surface area contributed by atoms with Crippen LogP contribution < -0.4 is 10.2 Å². The smallest absolute Gasteiger partial charge is 0.255 e. The summed E-state index contributed by atoms with van der Waals surface area (Å²) in [5.41, 5.74) is 1.98. The van der Waals surface area contributed by atoms with Crippen molar-refractivity contribution < 1.29 is 8.78 Å². The lowest BCUT2D eigenvalue weighted by molar-refractivity contribution is 0.156. The number of halogens is 2. The third-order valence-electron chi connectivity index (χ3n) is 2.50. The van der Waals surface area contributed by atoms with Crippen LogP contribution in [-0.2, 0) is 6.54 Å². The number of nitrogens with one attached hydrogen (secondary N) is 1. The van der Waals surface area contributed by atoms with Crippen molar-refractivity contribution in [3.05, 3.63) is 29.8 Å². The molecule has 0 unspecified atom stereocenters. The zero-order valence-corrected chi connectivity index (χ0v) is 10.6. The zero-order chi connectivity index (χ0) is 12.8. The van der Waals surface area contributed by atoms with Gasteiger partial charge in [0.15, 0.2) is 0 Å². The normalized spacial score (nSPS) is 11.2. The first-order valence-corrected chi connectivity index (χ1v) is 5.80. The average Bonchev–Trinajstić information content (AvgIpc) is 2.26. The van der Waals surface area contributed by atoms with Crippen molar-refractivity contribution in [2.45, 2.75) is 32.9 Å². The summed E-state index contributed by atoms with van der Waals surface area (Å²) in [4.78, 5) is 1.56. The van der Waals surface area contributed by atoms with Gasteiger partial charge in [0, 0.05) is 25.3 Å². The number of hydrogen-bond donors (Lipinski definition) is 1. The van der Waals surface area contributed by atoms with Crippen LogP contribution >= 0.6 is 0 Å². The molecular weight excluding hydrogens is 222 g/mol. The highest BCUT2D eigenvalue weighted by molar-refractivity contribution is 5.46. The Hall–Kier alpha value is -1.16. The van der Waals surface area contributed by atoms with E-state index in [0.29, 0.717) is 6.04 Å². The van der Waals surface area contributed by atoms with E-state index >= 15 is 0 Å². The van der Waals surface area contributed by atoms with Gasteiger partial charge in [-0.05, 0) is 17.7 Å². The van der Waals surface area contributed by atoms with Gasteiger partial charge >= 0.3 is 0 Å². The molecule has 1 N–H and O–H groups in total. The van der Waals surface area contributed by atoms with Gasteiger partial charge in [0.25, 0.3) is 6.43 Å². The third-order valence-corrected chi connectivity index (χ3v) is 2.50. The fraction of sp³-hybridized carbons (Fsp3) is 0.538. The molecule has 0 spiro atoms. The van der Waals surface area contributed by atoms with E-state index in [4.69, 9.17) is 0 Å². The van der Waals surface area contributed by atoms with E-state index in [1.165, 1.54) is 0 Å². The van der Waals surface area contributed by atoms with Crippen LogP contribution in [0.1, 0.15) is 19.4 Å². The number of rotatable bonds is 6. The Bertz CT molecular complexity index is 323. The second-order valence-corrected chi connectivity index (χ2v) is 4.47. The highest BCUT2D eigenvalue weighted by Crippen LogP contribution is 2.15. The number of alkyl halides is 2. The van der Waals surface area contributed by atoms with E-state index in [9.17, 15) is 8.78 Å². The van der Waals surface area contributed by atoms with Crippen molar-refractivity contribution in [3.63, 3.8) is 0 Å². The molecule has 0 bridgehead atoms. The van der Waals surface area contributed by atoms with Gasteiger partial charge in [-0.15, -0.1) is 0 Å². The summed E-state index contributed by atoms with van der Waals surface area (Å²) < 4.78 is 24.4. The van der Waals surface area contributed by atoms with Crippen LogP contribution in [0.5, 0.6) is 0 Å². The quantitative estimate of drug-likeness (QED) is 0.825. The molecule has 1 aromatic carbocycles. The van der Waals surface area contributed by atoms with E-state index in [0.717, 1.165) is 17.8 Å². The monoisotopic (exact) mass is 242 g/mol. The molecule has 0 saturated carbocycles. The topological polar surface area (TPSA) is 15.3 Å². The fourth-order valence-corrected chi connectivity index (χ4v) is 1.50. The third kappa shape index (κ3) is 5.13. The van der Waals surface area contributed by atoms with Crippen LogP contribution in [0.25, 0.3) is 0 Å². The number of hydrogen-bond acceptors (Lipinski definition) is 2. The van der Waals surface area contributed by atoms with Crippen molar-refractivity contribution in [1.29, 1.82) is 0 Å². The summed E-state index contributed by atoms with van der Waals surface area (Å²) >= 11 is 0. The van der Waals surface area contributed by atoms with Gasteiger partial charge in [0.2, 0.25) is 0 Å². The molecule has 1 rings (SSSR count). The lowest BCUT2D eigenvalue weighted by atomic mass is 10.2. The molecule has 0 amide bonds. The molecule has 0 aliphatic carbocycles. The molecular formula is C13H20F2N2. The summed E-state index contributed by atoms with van der Waals surface area (Å²) in [7, 11) is 1.67. The van der Waals surface area contributed by atoms with Crippen molar-refractivity contribution in [3.8, 4) is 0 Å². The Morgan fingerprint density at radius 2 is 1.76 bits per heavy atom. The summed E-state index contributed by atoms with van der Waals surface area (Å²) in [5.74, 6) is 0. The standard InChI is InChI=1S/C13H20F2N2/c1-10(2)16-8-11-4-6-12(7-5-11)17(3)9-13(14)15/h4-7,10,13,16H,8-9H2,1-3H3. The minimum atomic E-state index is -2.30. The Labute approximate surface area is 102 Å². The molecule has 2 nitrogen and oxygen atoms in total. The second kappa shape index (κ2) is 6.55. The maximum atomic E-state index is 12.2. The molecule has 0 aliphatic rings. The predicted octanol–water partition coefficient (Wildman–Crippen LogP) is 2.89. The number of nitrogens with zero attached hydrogens (tertiary/aromatic N) is 1. The lowest BCUT2D eigenvalue weighted by Crippen LogP contribution is -2.24. The minimum absolute atomic E-state index is 0.233. The van der Waals surface area contributed by atoms with Crippen molar-refractivity contribution in [2.24, 2.45) is 0 Å². The van der Waals surface area contributed by atoms with Crippen molar-refractivity contribution >= 4 is 5.69 Å². The minimum Gasteiger partial charge on any atom is -0.369 e. The van der Waals surface area contributed by atoms with Crippen LogP contribution in [0, 0.1) is 0 Å². The van der Waals surface area contributed by atoms with Gasteiger partial charge in [-0.25, -0.2) is 8.78 Å². The molecule has 0 aromatic heterocycles.